The molecule has 2 aromatic carbocycles. The second-order valence-corrected chi connectivity index (χ2v) is 8.01. The average Bonchev–Trinajstić information content (AvgIpc) is 3.35. The van der Waals surface area contributed by atoms with E-state index in [1.54, 1.807) is 61.5 Å². The number of ketones is 1. The van der Waals surface area contributed by atoms with Crippen LogP contribution in [-0.2, 0) is 4.79 Å². The molecule has 1 saturated heterocycles. The molecule has 9 heteroatoms. The van der Waals surface area contributed by atoms with E-state index in [0.717, 1.165) is 16.7 Å². The second-order valence-electron chi connectivity index (χ2n) is 7.02. The van der Waals surface area contributed by atoms with Crippen molar-refractivity contribution in [1.29, 1.82) is 0 Å². The summed E-state index contributed by atoms with van der Waals surface area (Å²) < 4.78 is 5.71. The SMILES string of the molecule is Cc1ccc(-c2ccc(/C=C3/SC(=O)N(CC(=O)c4ccccc4)C3=O)o2)cc1[N+](=O)[O-]. The Morgan fingerprint density at radius 1 is 1.12 bits per heavy atom. The molecule has 0 spiro atoms. The van der Waals surface area contributed by atoms with Crippen LogP contribution >= 0.6 is 11.8 Å². The molecule has 1 aliphatic rings. The number of carbonyl (C=O) groups excluding carboxylic acids is 3. The van der Waals surface area contributed by atoms with Gasteiger partial charge in [-0.2, -0.15) is 0 Å². The van der Waals surface area contributed by atoms with Crippen molar-refractivity contribution < 1.29 is 23.7 Å². The van der Waals surface area contributed by atoms with Gasteiger partial charge in [0.1, 0.15) is 11.5 Å². The lowest BCUT2D eigenvalue weighted by Gasteiger charge is -2.11. The number of amides is 2. The summed E-state index contributed by atoms with van der Waals surface area (Å²) in [6, 6.07) is 16.4. The predicted octanol–water partition coefficient (Wildman–Crippen LogP) is 5.08. The molecule has 0 atom stereocenters. The quantitative estimate of drug-likeness (QED) is 0.224. The maximum Gasteiger partial charge on any atom is 0.293 e. The van der Waals surface area contributed by atoms with Crippen molar-refractivity contribution >= 4 is 40.5 Å². The van der Waals surface area contributed by atoms with Gasteiger partial charge in [-0.3, -0.25) is 29.4 Å². The number of aryl methyl sites for hydroxylation is 1. The zero-order valence-electron chi connectivity index (χ0n) is 16.8. The fraction of sp³-hybridized carbons (Fsp3) is 0.0870. The molecule has 1 aliphatic heterocycles. The van der Waals surface area contributed by atoms with Gasteiger partial charge in [-0.15, -0.1) is 0 Å². The summed E-state index contributed by atoms with van der Waals surface area (Å²) in [5.41, 5.74) is 1.44. The third-order valence-corrected chi connectivity index (χ3v) is 5.77. The molecular weight excluding hydrogens is 432 g/mol. The van der Waals surface area contributed by atoms with Gasteiger partial charge in [0.05, 0.1) is 16.4 Å². The van der Waals surface area contributed by atoms with Crippen LogP contribution in [0.1, 0.15) is 21.7 Å². The van der Waals surface area contributed by atoms with E-state index in [1.165, 1.54) is 12.1 Å². The molecule has 4 rings (SSSR count). The van der Waals surface area contributed by atoms with Gasteiger partial charge in [-0.25, -0.2) is 0 Å². The monoisotopic (exact) mass is 448 g/mol. The maximum atomic E-state index is 12.7. The first-order valence-corrected chi connectivity index (χ1v) is 10.3. The molecule has 8 nitrogen and oxygen atoms in total. The minimum atomic E-state index is -0.576. The van der Waals surface area contributed by atoms with Gasteiger partial charge in [0.15, 0.2) is 5.78 Å². The van der Waals surface area contributed by atoms with Crippen LogP contribution < -0.4 is 0 Å². The summed E-state index contributed by atoms with van der Waals surface area (Å²) in [7, 11) is 0. The van der Waals surface area contributed by atoms with Gasteiger partial charge in [0, 0.05) is 28.8 Å². The average molecular weight is 448 g/mol. The minimum absolute atomic E-state index is 0.0235. The highest BCUT2D eigenvalue weighted by Crippen LogP contribution is 2.34. The number of benzene rings is 2. The van der Waals surface area contributed by atoms with Crippen molar-refractivity contribution in [3.05, 3.63) is 92.6 Å². The lowest BCUT2D eigenvalue weighted by molar-refractivity contribution is -0.385. The van der Waals surface area contributed by atoms with Gasteiger partial charge in [-0.1, -0.05) is 42.5 Å². The van der Waals surface area contributed by atoms with Gasteiger partial charge in [-0.05, 0) is 30.8 Å². The van der Waals surface area contributed by atoms with Crippen molar-refractivity contribution in [1.82, 2.24) is 4.90 Å². The van der Waals surface area contributed by atoms with Gasteiger partial charge >= 0.3 is 0 Å². The van der Waals surface area contributed by atoms with Crippen molar-refractivity contribution in [3.8, 4) is 11.3 Å². The third-order valence-electron chi connectivity index (χ3n) is 4.86. The number of imide groups is 1. The highest BCUT2D eigenvalue weighted by atomic mass is 32.2. The van der Waals surface area contributed by atoms with Crippen LogP contribution in [0.5, 0.6) is 0 Å². The zero-order valence-corrected chi connectivity index (χ0v) is 17.6. The molecule has 0 aliphatic carbocycles. The number of hydrogen-bond acceptors (Lipinski definition) is 7. The Kier molecular flexibility index (Phi) is 5.74. The number of nitro groups is 1. The fourth-order valence-corrected chi connectivity index (χ4v) is 3.99. The Bertz CT molecular complexity index is 1280. The normalized spacial score (nSPS) is 14.9. The molecule has 0 N–H and O–H groups in total. The lowest BCUT2D eigenvalue weighted by atomic mass is 10.1. The summed E-state index contributed by atoms with van der Waals surface area (Å²) in [5, 5.41) is 10.6. The Balaban J connectivity index is 1.53. The minimum Gasteiger partial charge on any atom is -0.457 e. The maximum absolute atomic E-state index is 12.7. The van der Waals surface area contributed by atoms with E-state index < -0.39 is 16.1 Å². The third kappa shape index (κ3) is 4.23. The molecule has 1 fully saturated rings. The zero-order chi connectivity index (χ0) is 22.8. The summed E-state index contributed by atoms with van der Waals surface area (Å²) in [5.74, 6) is -0.218. The molecule has 3 aromatic rings. The number of thioether (sulfide) groups is 1. The first-order valence-electron chi connectivity index (χ1n) is 9.52. The van der Waals surface area contributed by atoms with Crippen LogP contribution in [0.25, 0.3) is 17.4 Å². The van der Waals surface area contributed by atoms with Crippen LogP contribution in [0.3, 0.4) is 0 Å². The molecule has 0 bridgehead atoms. The topological polar surface area (TPSA) is 111 Å². The number of Topliss-reactive ketones (excluding diaryl/α,β-unsaturated/α-hetero) is 1. The molecule has 0 radical (unpaired) electrons. The number of furan rings is 1. The van der Waals surface area contributed by atoms with E-state index in [4.69, 9.17) is 4.42 Å². The number of carbonyl (C=O) groups is 3. The van der Waals surface area contributed by atoms with Gasteiger partial charge < -0.3 is 4.42 Å². The second kappa shape index (κ2) is 8.64. The van der Waals surface area contributed by atoms with E-state index in [0.29, 0.717) is 28.2 Å². The van der Waals surface area contributed by atoms with Crippen LogP contribution in [-0.4, -0.2) is 33.3 Å². The molecule has 1 aromatic heterocycles. The summed E-state index contributed by atoms with van der Waals surface area (Å²) >= 11 is 0.724. The van der Waals surface area contributed by atoms with Crippen LogP contribution in [0.2, 0.25) is 0 Å². The summed E-state index contributed by atoms with van der Waals surface area (Å²) in [4.78, 5) is 49.1. The van der Waals surface area contributed by atoms with E-state index in [9.17, 15) is 24.5 Å². The smallest absolute Gasteiger partial charge is 0.293 e. The number of nitro benzene ring substituents is 1. The lowest BCUT2D eigenvalue weighted by Crippen LogP contribution is -2.33. The van der Waals surface area contributed by atoms with Crippen molar-refractivity contribution in [2.45, 2.75) is 6.92 Å². The fourth-order valence-electron chi connectivity index (χ4n) is 3.17. The van der Waals surface area contributed by atoms with Gasteiger partial charge in [0.25, 0.3) is 16.8 Å². The van der Waals surface area contributed by atoms with Gasteiger partial charge in [0.2, 0.25) is 0 Å². The molecular formula is C23H16N2O6S. The molecule has 0 unspecified atom stereocenters. The largest absolute Gasteiger partial charge is 0.457 e. The first kappa shape index (κ1) is 21.3. The van der Waals surface area contributed by atoms with Crippen molar-refractivity contribution in [2.75, 3.05) is 6.54 Å². The number of nitrogens with zero attached hydrogens (tertiary/aromatic N) is 2. The van der Waals surface area contributed by atoms with E-state index in [2.05, 4.69) is 0 Å². The Morgan fingerprint density at radius 3 is 2.59 bits per heavy atom. The van der Waals surface area contributed by atoms with E-state index >= 15 is 0 Å². The predicted molar refractivity (Wildman–Crippen MR) is 119 cm³/mol. The highest BCUT2D eigenvalue weighted by molar-refractivity contribution is 8.18. The standard InChI is InChI=1S/C23H16N2O6S/c1-14-7-8-16(11-18(14)25(29)30)20-10-9-17(31-20)12-21-22(27)24(23(28)32-21)13-19(26)15-5-3-2-4-6-15/h2-12H,13H2,1H3/b21-12+. The molecule has 2 amide bonds. The number of rotatable bonds is 6. The highest BCUT2D eigenvalue weighted by Gasteiger charge is 2.36. The van der Waals surface area contributed by atoms with Crippen molar-refractivity contribution in [3.63, 3.8) is 0 Å². The Morgan fingerprint density at radius 2 is 1.88 bits per heavy atom. The van der Waals surface area contributed by atoms with Crippen LogP contribution in [0, 0.1) is 17.0 Å². The first-order chi connectivity index (χ1) is 15.3. The van der Waals surface area contributed by atoms with Crippen molar-refractivity contribution in [2.24, 2.45) is 0 Å². The molecule has 160 valence electrons. The number of hydrogen-bond donors (Lipinski definition) is 0. The summed E-state index contributed by atoms with van der Waals surface area (Å²) in [6.07, 6.45) is 1.42. The summed E-state index contributed by atoms with van der Waals surface area (Å²) in [6.45, 7) is 1.30. The van der Waals surface area contributed by atoms with Crippen LogP contribution in [0.15, 0.2) is 70.0 Å². The molecule has 0 saturated carbocycles. The molecule has 32 heavy (non-hydrogen) atoms. The van der Waals surface area contributed by atoms with Crippen LogP contribution in [0.4, 0.5) is 10.5 Å². The molecule has 2 heterocycles. The Hall–Kier alpha value is -3.98. The van der Waals surface area contributed by atoms with E-state index in [-0.39, 0.29) is 22.9 Å². The van der Waals surface area contributed by atoms with E-state index in [1.807, 2.05) is 0 Å². The Labute approximate surface area is 186 Å².